The molecule has 12 heavy (non-hydrogen) atoms. The molecule has 0 spiro atoms. The summed E-state index contributed by atoms with van der Waals surface area (Å²) in [5.41, 5.74) is 11.5. The zero-order valence-corrected chi connectivity index (χ0v) is 8.65. The lowest BCUT2D eigenvalue weighted by atomic mass is 9.87. The molecule has 0 saturated carbocycles. The van der Waals surface area contributed by atoms with Gasteiger partial charge in [0.25, 0.3) is 0 Å². The van der Waals surface area contributed by atoms with E-state index in [0.29, 0.717) is 0 Å². The summed E-state index contributed by atoms with van der Waals surface area (Å²) < 4.78 is 0. The third-order valence-electron chi connectivity index (χ3n) is 2.21. The van der Waals surface area contributed by atoms with E-state index in [0.717, 1.165) is 44.4 Å². The lowest BCUT2D eigenvalue weighted by Crippen LogP contribution is -2.39. The first-order chi connectivity index (χ1) is 5.68. The molecule has 1 atom stereocenters. The molecule has 0 rings (SSSR count). The molecule has 4 N–H and O–H groups in total. The van der Waals surface area contributed by atoms with Crippen LogP contribution in [0.2, 0.25) is 0 Å². The van der Waals surface area contributed by atoms with E-state index in [2.05, 4.69) is 19.6 Å². The number of hydrogen-bond donors (Lipinski definition) is 3. The zero-order chi connectivity index (χ0) is 9.45. The van der Waals surface area contributed by atoms with E-state index in [-0.39, 0.29) is 5.54 Å². The van der Waals surface area contributed by atoms with Crippen molar-refractivity contribution in [2.75, 3.05) is 12.3 Å². The summed E-state index contributed by atoms with van der Waals surface area (Å²) >= 11 is 4.16. The van der Waals surface area contributed by atoms with Gasteiger partial charge in [0.1, 0.15) is 0 Å². The van der Waals surface area contributed by atoms with Gasteiger partial charge >= 0.3 is 0 Å². The smallest absolute Gasteiger partial charge is 0.0155 e. The Labute approximate surface area is 81.5 Å². The standard InChI is InChI=1S/C9H21N2S/c1-2-9(11,5-3-7-10)6-4-8-12/h12H,1-8,10-11H2. The van der Waals surface area contributed by atoms with Crippen molar-refractivity contribution in [1.82, 2.24) is 0 Å². The SMILES string of the molecule is [CH2]CC(N)(CCCN)CCCS. The summed E-state index contributed by atoms with van der Waals surface area (Å²) in [7, 11) is 0. The molecular formula is C9H21N2S. The van der Waals surface area contributed by atoms with Gasteiger partial charge in [-0.15, -0.1) is 0 Å². The molecular weight excluding hydrogens is 168 g/mol. The van der Waals surface area contributed by atoms with Crippen LogP contribution in [0.5, 0.6) is 0 Å². The van der Waals surface area contributed by atoms with Crippen molar-refractivity contribution in [3.05, 3.63) is 6.92 Å². The minimum absolute atomic E-state index is 0.0951. The Kier molecular flexibility index (Phi) is 6.90. The first-order valence-corrected chi connectivity index (χ1v) is 5.21. The highest BCUT2D eigenvalue weighted by atomic mass is 32.1. The first kappa shape index (κ1) is 12.3. The number of rotatable bonds is 7. The normalized spacial score (nSPS) is 16.0. The lowest BCUT2D eigenvalue weighted by Gasteiger charge is -2.27. The Morgan fingerprint density at radius 3 is 2.25 bits per heavy atom. The second-order valence-corrected chi connectivity index (χ2v) is 3.78. The van der Waals surface area contributed by atoms with Gasteiger partial charge in [0, 0.05) is 5.54 Å². The molecule has 2 nitrogen and oxygen atoms in total. The quantitative estimate of drug-likeness (QED) is 0.530. The summed E-state index contributed by atoms with van der Waals surface area (Å²) in [6, 6.07) is 0. The number of nitrogens with two attached hydrogens (primary N) is 2. The Hall–Kier alpha value is 0.270. The predicted molar refractivity (Wildman–Crippen MR) is 58.3 cm³/mol. The molecule has 0 aromatic carbocycles. The first-order valence-electron chi connectivity index (χ1n) is 4.57. The van der Waals surface area contributed by atoms with E-state index < -0.39 is 0 Å². The molecule has 3 heteroatoms. The van der Waals surface area contributed by atoms with Gasteiger partial charge in [-0.3, -0.25) is 0 Å². The molecule has 0 fully saturated rings. The van der Waals surface area contributed by atoms with Gasteiger partial charge in [-0.1, -0.05) is 6.92 Å². The monoisotopic (exact) mass is 189 g/mol. The predicted octanol–water partition coefficient (Wildman–Crippen LogP) is 1.36. The van der Waals surface area contributed by atoms with Crippen molar-refractivity contribution in [3.63, 3.8) is 0 Å². The summed E-state index contributed by atoms with van der Waals surface area (Å²) in [6.07, 6.45) is 4.86. The van der Waals surface area contributed by atoms with E-state index >= 15 is 0 Å². The number of hydrogen-bond acceptors (Lipinski definition) is 3. The van der Waals surface area contributed by atoms with E-state index in [9.17, 15) is 0 Å². The van der Waals surface area contributed by atoms with Gasteiger partial charge in [-0.2, -0.15) is 12.6 Å². The zero-order valence-electron chi connectivity index (χ0n) is 7.76. The molecule has 0 heterocycles. The highest BCUT2D eigenvalue weighted by Crippen LogP contribution is 2.19. The molecule has 0 amide bonds. The van der Waals surface area contributed by atoms with Crippen LogP contribution >= 0.6 is 12.6 Å². The maximum Gasteiger partial charge on any atom is 0.0155 e. The number of thiol groups is 1. The fourth-order valence-corrected chi connectivity index (χ4v) is 1.42. The average Bonchev–Trinajstić information content (AvgIpc) is 2.11. The van der Waals surface area contributed by atoms with Crippen molar-refractivity contribution in [2.45, 2.75) is 37.6 Å². The Bertz CT molecular complexity index is 98.7. The van der Waals surface area contributed by atoms with E-state index in [1.54, 1.807) is 0 Å². The Balaban J connectivity index is 3.70. The van der Waals surface area contributed by atoms with Gasteiger partial charge < -0.3 is 11.5 Å². The summed E-state index contributed by atoms with van der Waals surface area (Å²) in [5, 5.41) is 0. The molecule has 0 aromatic heterocycles. The van der Waals surface area contributed by atoms with E-state index in [4.69, 9.17) is 11.5 Å². The fraction of sp³-hybridized carbons (Fsp3) is 0.889. The maximum absolute atomic E-state index is 6.12. The second-order valence-electron chi connectivity index (χ2n) is 3.33. The van der Waals surface area contributed by atoms with Gasteiger partial charge in [0.2, 0.25) is 0 Å². The van der Waals surface area contributed by atoms with Crippen molar-refractivity contribution in [1.29, 1.82) is 0 Å². The molecule has 0 aliphatic carbocycles. The van der Waals surface area contributed by atoms with Crippen LogP contribution in [0.1, 0.15) is 32.1 Å². The molecule has 0 aliphatic rings. The minimum atomic E-state index is -0.0951. The molecule has 1 radical (unpaired) electrons. The molecule has 0 bridgehead atoms. The molecule has 0 saturated heterocycles. The van der Waals surface area contributed by atoms with E-state index in [1.165, 1.54) is 0 Å². The third-order valence-corrected chi connectivity index (χ3v) is 2.53. The third kappa shape index (κ3) is 5.01. The Morgan fingerprint density at radius 2 is 1.83 bits per heavy atom. The summed E-state index contributed by atoms with van der Waals surface area (Å²) in [5.74, 6) is 0.904. The largest absolute Gasteiger partial charge is 0.330 e. The molecule has 0 aromatic rings. The average molecular weight is 189 g/mol. The minimum Gasteiger partial charge on any atom is -0.330 e. The molecule has 1 unspecified atom stereocenters. The maximum atomic E-state index is 6.12. The molecule has 0 aliphatic heterocycles. The van der Waals surface area contributed by atoms with Crippen molar-refractivity contribution < 1.29 is 0 Å². The van der Waals surface area contributed by atoms with Crippen LogP contribution in [-0.2, 0) is 0 Å². The topological polar surface area (TPSA) is 52.0 Å². The summed E-state index contributed by atoms with van der Waals surface area (Å²) in [4.78, 5) is 0. The fourth-order valence-electron chi connectivity index (χ4n) is 1.26. The van der Waals surface area contributed by atoms with Crippen LogP contribution in [0.4, 0.5) is 0 Å². The summed E-state index contributed by atoms with van der Waals surface area (Å²) in [6.45, 7) is 4.59. The highest BCUT2D eigenvalue weighted by Gasteiger charge is 2.20. The van der Waals surface area contributed by atoms with Gasteiger partial charge in [0.15, 0.2) is 0 Å². The van der Waals surface area contributed by atoms with Gasteiger partial charge in [-0.05, 0) is 44.4 Å². The van der Waals surface area contributed by atoms with Crippen LogP contribution in [0.15, 0.2) is 0 Å². The van der Waals surface area contributed by atoms with Crippen molar-refractivity contribution in [3.8, 4) is 0 Å². The van der Waals surface area contributed by atoms with Crippen LogP contribution in [0.3, 0.4) is 0 Å². The van der Waals surface area contributed by atoms with Crippen LogP contribution < -0.4 is 11.5 Å². The second kappa shape index (κ2) is 6.75. The lowest BCUT2D eigenvalue weighted by molar-refractivity contribution is 0.357. The molecule has 73 valence electrons. The van der Waals surface area contributed by atoms with Crippen LogP contribution in [0.25, 0.3) is 0 Å². The highest BCUT2D eigenvalue weighted by molar-refractivity contribution is 7.80. The van der Waals surface area contributed by atoms with Crippen LogP contribution in [-0.4, -0.2) is 17.8 Å². The van der Waals surface area contributed by atoms with E-state index in [1.807, 2.05) is 0 Å². The Morgan fingerprint density at radius 1 is 1.25 bits per heavy atom. The van der Waals surface area contributed by atoms with Crippen molar-refractivity contribution >= 4 is 12.6 Å². The van der Waals surface area contributed by atoms with Crippen molar-refractivity contribution in [2.24, 2.45) is 11.5 Å². The van der Waals surface area contributed by atoms with Gasteiger partial charge in [-0.25, -0.2) is 0 Å². The van der Waals surface area contributed by atoms with Gasteiger partial charge in [0.05, 0.1) is 0 Å². The van der Waals surface area contributed by atoms with Crippen LogP contribution in [0, 0.1) is 6.92 Å².